The Kier molecular flexibility index (Phi) is 5.71. The van der Waals surface area contributed by atoms with E-state index in [1.165, 1.54) is 0 Å². The molecular formula is C15H21N3O3. The quantitative estimate of drug-likeness (QED) is 0.646. The van der Waals surface area contributed by atoms with Crippen molar-refractivity contribution in [2.75, 3.05) is 40.0 Å². The van der Waals surface area contributed by atoms with Gasteiger partial charge in [-0.25, -0.2) is 5.43 Å². The number of ether oxygens (including phenoxy) is 2. The van der Waals surface area contributed by atoms with E-state index in [1.54, 1.807) is 7.11 Å². The Morgan fingerprint density at radius 1 is 1.33 bits per heavy atom. The fourth-order valence-corrected chi connectivity index (χ4v) is 2.04. The van der Waals surface area contributed by atoms with Gasteiger partial charge in [0.05, 0.1) is 32.6 Å². The lowest BCUT2D eigenvalue weighted by Crippen LogP contribution is -2.42. The minimum Gasteiger partial charge on any atom is -0.497 e. The van der Waals surface area contributed by atoms with Gasteiger partial charge in [0.15, 0.2) is 0 Å². The zero-order valence-electron chi connectivity index (χ0n) is 12.5. The first-order valence-electron chi connectivity index (χ1n) is 6.96. The molecule has 0 aromatic heterocycles. The zero-order chi connectivity index (χ0) is 15.1. The third-order valence-corrected chi connectivity index (χ3v) is 3.33. The Morgan fingerprint density at radius 2 is 2.00 bits per heavy atom. The summed E-state index contributed by atoms with van der Waals surface area (Å²) < 4.78 is 10.4. The van der Waals surface area contributed by atoms with Crippen LogP contribution in [0, 0.1) is 0 Å². The average molecular weight is 291 g/mol. The summed E-state index contributed by atoms with van der Waals surface area (Å²) in [5.74, 6) is 0.688. The third-order valence-electron chi connectivity index (χ3n) is 3.33. The lowest BCUT2D eigenvalue weighted by molar-refractivity contribution is -0.123. The van der Waals surface area contributed by atoms with Gasteiger partial charge in [-0.15, -0.1) is 0 Å². The first-order valence-corrected chi connectivity index (χ1v) is 6.96. The molecule has 1 aliphatic rings. The van der Waals surface area contributed by atoms with Crippen LogP contribution in [0.25, 0.3) is 0 Å². The van der Waals surface area contributed by atoms with Gasteiger partial charge >= 0.3 is 0 Å². The van der Waals surface area contributed by atoms with Crippen LogP contribution in [0.3, 0.4) is 0 Å². The van der Waals surface area contributed by atoms with Gasteiger partial charge in [0, 0.05) is 13.1 Å². The number of hydrogen-bond acceptors (Lipinski definition) is 5. The number of nitrogens with zero attached hydrogens (tertiary/aromatic N) is 2. The van der Waals surface area contributed by atoms with Crippen LogP contribution in [0.4, 0.5) is 0 Å². The highest BCUT2D eigenvalue weighted by molar-refractivity contribution is 5.99. The van der Waals surface area contributed by atoms with Crippen LogP contribution in [-0.4, -0.2) is 56.5 Å². The number of methoxy groups -OCH3 is 1. The van der Waals surface area contributed by atoms with E-state index in [9.17, 15) is 4.79 Å². The molecule has 6 heteroatoms. The monoisotopic (exact) mass is 291 g/mol. The summed E-state index contributed by atoms with van der Waals surface area (Å²) in [4.78, 5) is 13.9. The molecule has 1 aromatic carbocycles. The SMILES string of the molecule is COc1ccc(/C(C)=N\NC(=O)CN2CCOCC2)cc1. The van der Waals surface area contributed by atoms with Crippen LogP contribution in [-0.2, 0) is 9.53 Å². The maximum atomic E-state index is 11.8. The smallest absolute Gasteiger partial charge is 0.254 e. The van der Waals surface area contributed by atoms with Crippen molar-refractivity contribution in [3.05, 3.63) is 29.8 Å². The van der Waals surface area contributed by atoms with Crippen LogP contribution in [0.15, 0.2) is 29.4 Å². The highest BCUT2D eigenvalue weighted by Gasteiger charge is 2.13. The Labute approximate surface area is 124 Å². The van der Waals surface area contributed by atoms with Crippen molar-refractivity contribution in [3.8, 4) is 5.75 Å². The topological polar surface area (TPSA) is 63.2 Å². The molecule has 0 saturated carbocycles. The number of carbonyl (C=O) groups is 1. The van der Waals surface area contributed by atoms with Crippen LogP contribution in [0.5, 0.6) is 5.75 Å². The van der Waals surface area contributed by atoms with Gasteiger partial charge in [0.2, 0.25) is 0 Å². The summed E-state index contributed by atoms with van der Waals surface area (Å²) in [6.07, 6.45) is 0. The first-order chi connectivity index (χ1) is 10.2. The molecule has 1 saturated heterocycles. The molecule has 1 heterocycles. The minimum atomic E-state index is -0.107. The molecular weight excluding hydrogens is 270 g/mol. The molecule has 0 atom stereocenters. The largest absolute Gasteiger partial charge is 0.497 e. The van der Waals surface area contributed by atoms with E-state index in [2.05, 4.69) is 15.4 Å². The summed E-state index contributed by atoms with van der Waals surface area (Å²) in [6, 6.07) is 7.55. The molecule has 1 fully saturated rings. The van der Waals surface area contributed by atoms with Gasteiger partial charge in [-0.05, 0) is 36.8 Å². The van der Waals surface area contributed by atoms with Crippen molar-refractivity contribution in [2.45, 2.75) is 6.92 Å². The van der Waals surface area contributed by atoms with Gasteiger partial charge in [-0.3, -0.25) is 9.69 Å². The maximum Gasteiger partial charge on any atom is 0.254 e. The van der Waals surface area contributed by atoms with E-state index in [0.717, 1.165) is 30.1 Å². The molecule has 114 valence electrons. The first kappa shape index (κ1) is 15.5. The molecule has 1 amide bonds. The second-order valence-corrected chi connectivity index (χ2v) is 4.85. The predicted octanol–water partition coefficient (Wildman–Crippen LogP) is 0.868. The number of benzene rings is 1. The van der Waals surface area contributed by atoms with Gasteiger partial charge in [-0.2, -0.15) is 5.10 Å². The third kappa shape index (κ3) is 4.84. The number of carbonyl (C=O) groups excluding carboxylic acids is 1. The fraction of sp³-hybridized carbons (Fsp3) is 0.467. The van der Waals surface area contributed by atoms with Crippen molar-refractivity contribution < 1.29 is 14.3 Å². The summed E-state index contributed by atoms with van der Waals surface area (Å²) in [5, 5.41) is 4.13. The zero-order valence-corrected chi connectivity index (χ0v) is 12.5. The summed E-state index contributed by atoms with van der Waals surface area (Å²) in [5.41, 5.74) is 4.30. The molecule has 0 bridgehead atoms. The Bertz CT molecular complexity index is 493. The van der Waals surface area contributed by atoms with Crippen molar-refractivity contribution in [2.24, 2.45) is 5.10 Å². The number of hydrogen-bond donors (Lipinski definition) is 1. The van der Waals surface area contributed by atoms with Gasteiger partial charge < -0.3 is 9.47 Å². The number of nitrogens with one attached hydrogen (secondary N) is 1. The molecule has 1 aliphatic heterocycles. The second kappa shape index (κ2) is 7.75. The van der Waals surface area contributed by atoms with Crippen LogP contribution in [0.1, 0.15) is 12.5 Å². The molecule has 0 unspecified atom stereocenters. The summed E-state index contributed by atoms with van der Waals surface area (Å²) in [6.45, 7) is 5.14. The van der Waals surface area contributed by atoms with E-state index in [0.29, 0.717) is 19.8 Å². The van der Waals surface area contributed by atoms with Crippen molar-refractivity contribution >= 4 is 11.6 Å². The summed E-state index contributed by atoms with van der Waals surface area (Å²) >= 11 is 0. The van der Waals surface area contributed by atoms with Crippen molar-refractivity contribution in [1.29, 1.82) is 0 Å². The van der Waals surface area contributed by atoms with E-state index in [-0.39, 0.29) is 5.91 Å². The van der Waals surface area contributed by atoms with Gasteiger partial charge in [0.25, 0.3) is 5.91 Å². The van der Waals surface area contributed by atoms with E-state index in [1.807, 2.05) is 31.2 Å². The standard InChI is InChI=1S/C15H21N3O3/c1-12(13-3-5-14(20-2)6-4-13)16-17-15(19)11-18-7-9-21-10-8-18/h3-6H,7-11H2,1-2H3,(H,17,19)/b16-12-. The fourth-order valence-electron chi connectivity index (χ4n) is 2.04. The average Bonchev–Trinajstić information content (AvgIpc) is 2.53. The Hall–Kier alpha value is -1.92. The normalized spacial score (nSPS) is 16.6. The minimum absolute atomic E-state index is 0.107. The summed E-state index contributed by atoms with van der Waals surface area (Å²) in [7, 11) is 1.63. The maximum absolute atomic E-state index is 11.8. The van der Waals surface area contributed by atoms with Gasteiger partial charge in [-0.1, -0.05) is 0 Å². The van der Waals surface area contributed by atoms with Gasteiger partial charge in [0.1, 0.15) is 5.75 Å². The Morgan fingerprint density at radius 3 is 2.62 bits per heavy atom. The number of amides is 1. The number of rotatable bonds is 5. The highest BCUT2D eigenvalue weighted by atomic mass is 16.5. The highest BCUT2D eigenvalue weighted by Crippen LogP contribution is 2.11. The molecule has 0 radical (unpaired) electrons. The molecule has 0 aliphatic carbocycles. The molecule has 1 N–H and O–H groups in total. The molecule has 2 rings (SSSR count). The molecule has 1 aromatic rings. The number of hydrazone groups is 1. The van der Waals surface area contributed by atoms with Crippen molar-refractivity contribution in [1.82, 2.24) is 10.3 Å². The van der Waals surface area contributed by atoms with E-state index < -0.39 is 0 Å². The predicted molar refractivity (Wildman–Crippen MR) is 80.6 cm³/mol. The molecule has 6 nitrogen and oxygen atoms in total. The van der Waals surface area contributed by atoms with E-state index >= 15 is 0 Å². The van der Waals surface area contributed by atoms with Crippen LogP contribution in [0.2, 0.25) is 0 Å². The van der Waals surface area contributed by atoms with Crippen molar-refractivity contribution in [3.63, 3.8) is 0 Å². The van der Waals surface area contributed by atoms with Crippen LogP contribution < -0.4 is 10.2 Å². The number of morpholine rings is 1. The lowest BCUT2D eigenvalue weighted by Gasteiger charge is -2.25. The molecule has 21 heavy (non-hydrogen) atoms. The second-order valence-electron chi connectivity index (χ2n) is 4.85. The van der Waals surface area contributed by atoms with E-state index in [4.69, 9.17) is 9.47 Å². The lowest BCUT2D eigenvalue weighted by atomic mass is 10.1. The van der Waals surface area contributed by atoms with Crippen LogP contribution >= 0.6 is 0 Å². The Balaban J connectivity index is 1.85. The molecule has 0 spiro atoms.